The van der Waals surface area contributed by atoms with Crippen LogP contribution in [0.2, 0.25) is 0 Å². The van der Waals surface area contributed by atoms with Gasteiger partial charge in [0.2, 0.25) is 5.95 Å². The lowest BCUT2D eigenvalue weighted by atomic mass is 10.0. The SMILES string of the molecule is Cc1c(N2CCc3ncc(-c4ccc(F)nc4)cc3C2)nn2c(=O)ccnc2c1C. The molecule has 0 unspecified atom stereocenters. The van der Waals surface area contributed by atoms with Crippen molar-refractivity contribution in [3.05, 3.63) is 81.5 Å². The van der Waals surface area contributed by atoms with E-state index < -0.39 is 5.95 Å². The lowest BCUT2D eigenvalue weighted by Crippen LogP contribution is -2.33. The molecule has 1 aliphatic heterocycles. The Labute approximate surface area is 171 Å². The number of hydrogen-bond donors (Lipinski definition) is 0. The summed E-state index contributed by atoms with van der Waals surface area (Å²) in [6, 6.07) is 6.53. The van der Waals surface area contributed by atoms with Crippen molar-refractivity contribution in [2.24, 2.45) is 0 Å². The number of rotatable bonds is 2. The molecular formula is C22H19FN6O. The number of hydrogen-bond acceptors (Lipinski definition) is 6. The molecule has 0 saturated carbocycles. The van der Waals surface area contributed by atoms with Crippen molar-refractivity contribution < 1.29 is 4.39 Å². The van der Waals surface area contributed by atoms with Gasteiger partial charge in [0.15, 0.2) is 11.5 Å². The molecule has 0 radical (unpaired) electrons. The molecule has 4 aromatic heterocycles. The second-order valence-electron chi connectivity index (χ2n) is 7.46. The molecule has 0 aromatic carbocycles. The van der Waals surface area contributed by atoms with Crippen LogP contribution < -0.4 is 10.5 Å². The van der Waals surface area contributed by atoms with Gasteiger partial charge in [-0.3, -0.25) is 9.78 Å². The van der Waals surface area contributed by atoms with Crippen LogP contribution in [-0.4, -0.2) is 31.1 Å². The third kappa shape index (κ3) is 3.01. The van der Waals surface area contributed by atoms with E-state index in [4.69, 9.17) is 0 Å². The maximum atomic E-state index is 13.2. The van der Waals surface area contributed by atoms with Crippen molar-refractivity contribution in [2.75, 3.05) is 11.4 Å². The Balaban J connectivity index is 1.55. The van der Waals surface area contributed by atoms with Crippen LogP contribution in [0.15, 0.2) is 47.7 Å². The normalized spacial score (nSPS) is 13.5. The van der Waals surface area contributed by atoms with Crippen LogP contribution in [0.5, 0.6) is 0 Å². The van der Waals surface area contributed by atoms with Gasteiger partial charge in [0.25, 0.3) is 5.56 Å². The first-order valence-electron chi connectivity index (χ1n) is 9.71. The van der Waals surface area contributed by atoms with Gasteiger partial charge in [-0.1, -0.05) is 0 Å². The lowest BCUT2D eigenvalue weighted by molar-refractivity contribution is 0.584. The predicted molar refractivity (Wildman–Crippen MR) is 111 cm³/mol. The molecule has 150 valence electrons. The molecular weight excluding hydrogens is 383 g/mol. The molecule has 30 heavy (non-hydrogen) atoms. The summed E-state index contributed by atoms with van der Waals surface area (Å²) in [7, 11) is 0. The summed E-state index contributed by atoms with van der Waals surface area (Å²) in [4.78, 5) is 27.1. The van der Waals surface area contributed by atoms with Crippen LogP contribution >= 0.6 is 0 Å². The highest BCUT2D eigenvalue weighted by Crippen LogP contribution is 2.29. The first-order valence-corrected chi connectivity index (χ1v) is 9.71. The van der Waals surface area contributed by atoms with E-state index in [1.807, 2.05) is 13.8 Å². The highest BCUT2D eigenvalue weighted by molar-refractivity contribution is 5.64. The predicted octanol–water partition coefficient (Wildman–Crippen LogP) is 2.87. The van der Waals surface area contributed by atoms with Crippen LogP contribution in [0.3, 0.4) is 0 Å². The van der Waals surface area contributed by atoms with Crippen LogP contribution in [0.25, 0.3) is 16.8 Å². The van der Waals surface area contributed by atoms with Crippen LogP contribution in [0.1, 0.15) is 22.4 Å². The Morgan fingerprint density at radius 3 is 2.63 bits per heavy atom. The fourth-order valence-corrected chi connectivity index (χ4v) is 3.87. The lowest BCUT2D eigenvalue weighted by Gasteiger charge is -2.31. The molecule has 0 bridgehead atoms. The highest BCUT2D eigenvalue weighted by atomic mass is 19.1. The number of halogens is 1. The van der Waals surface area contributed by atoms with E-state index in [-0.39, 0.29) is 5.56 Å². The number of pyridine rings is 2. The molecule has 5 rings (SSSR count). The van der Waals surface area contributed by atoms with E-state index in [1.165, 1.54) is 29.0 Å². The Morgan fingerprint density at radius 1 is 1.00 bits per heavy atom. The summed E-state index contributed by atoms with van der Waals surface area (Å²) in [5.74, 6) is 0.267. The van der Waals surface area contributed by atoms with Gasteiger partial charge in [-0.15, -0.1) is 5.10 Å². The number of anilines is 1. The second-order valence-corrected chi connectivity index (χ2v) is 7.46. The van der Waals surface area contributed by atoms with Gasteiger partial charge in [-0.25, -0.2) is 9.97 Å². The van der Waals surface area contributed by atoms with Crippen molar-refractivity contribution in [3.8, 4) is 11.1 Å². The maximum Gasteiger partial charge on any atom is 0.274 e. The minimum absolute atomic E-state index is 0.200. The van der Waals surface area contributed by atoms with Gasteiger partial charge in [0, 0.05) is 72.1 Å². The quantitative estimate of drug-likeness (QED) is 0.480. The smallest absolute Gasteiger partial charge is 0.274 e. The van der Waals surface area contributed by atoms with E-state index in [1.54, 1.807) is 12.3 Å². The summed E-state index contributed by atoms with van der Waals surface area (Å²) in [5.41, 5.74) is 6.15. The van der Waals surface area contributed by atoms with Crippen molar-refractivity contribution in [3.63, 3.8) is 0 Å². The highest BCUT2D eigenvalue weighted by Gasteiger charge is 2.23. The summed E-state index contributed by atoms with van der Waals surface area (Å²) in [5, 5.41) is 4.62. The molecule has 0 N–H and O–H groups in total. The van der Waals surface area contributed by atoms with Gasteiger partial charge >= 0.3 is 0 Å². The molecule has 7 nitrogen and oxygen atoms in total. The monoisotopic (exact) mass is 402 g/mol. The van der Waals surface area contributed by atoms with Crippen molar-refractivity contribution in [1.29, 1.82) is 0 Å². The number of nitrogens with zero attached hydrogens (tertiary/aromatic N) is 6. The second kappa shape index (κ2) is 6.98. The van der Waals surface area contributed by atoms with E-state index in [2.05, 4.69) is 31.0 Å². The zero-order valence-electron chi connectivity index (χ0n) is 16.6. The van der Waals surface area contributed by atoms with Crippen molar-refractivity contribution in [2.45, 2.75) is 26.8 Å². The Morgan fingerprint density at radius 2 is 1.83 bits per heavy atom. The summed E-state index contributed by atoms with van der Waals surface area (Å²) in [6.45, 7) is 5.34. The van der Waals surface area contributed by atoms with Crippen LogP contribution in [-0.2, 0) is 13.0 Å². The Kier molecular flexibility index (Phi) is 4.27. The average Bonchev–Trinajstić information content (AvgIpc) is 2.76. The van der Waals surface area contributed by atoms with Gasteiger partial charge < -0.3 is 4.90 Å². The number of aryl methyl sites for hydroxylation is 1. The topological polar surface area (TPSA) is 76.3 Å². The van der Waals surface area contributed by atoms with Crippen molar-refractivity contribution >= 4 is 11.5 Å². The van der Waals surface area contributed by atoms with Crippen molar-refractivity contribution in [1.82, 2.24) is 24.6 Å². The fraction of sp³-hybridized carbons (Fsp3) is 0.227. The number of aromatic nitrogens is 5. The molecule has 8 heteroatoms. The third-order valence-electron chi connectivity index (χ3n) is 5.65. The average molecular weight is 402 g/mol. The minimum Gasteiger partial charge on any atom is -0.350 e. The standard InChI is InChI=1S/C22H19FN6O/c1-13-14(2)22(27-29-20(30)5-7-24-21(13)29)28-8-6-18-17(12-28)9-16(11-25-18)15-3-4-19(23)26-10-15/h3-5,7,9-11H,6,8,12H2,1-2H3. The molecule has 0 fully saturated rings. The van der Waals surface area contributed by atoms with Crippen LogP contribution in [0.4, 0.5) is 10.2 Å². The van der Waals surface area contributed by atoms with E-state index in [0.717, 1.165) is 52.3 Å². The molecule has 0 saturated heterocycles. The largest absolute Gasteiger partial charge is 0.350 e. The van der Waals surface area contributed by atoms with E-state index in [0.29, 0.717) is 12.2 Å². The summed E-state index contributed by atoms with van der Waals surface area (Å²) >= 11 is 0. The van der Waals surface area contributed by atoms with Gasteiger partial charge in [0.1, 0.15) is 0 Å². The van der Waals surface area contributed by atoms with E-state index >= 15 is 0 Å². The van der Waals surface area contributed by atoms with Gasteiger partial charge in [0.05, 0.1) is 0 Å². The minimum atomic E-state index is -0.506. The molecule has 0 atom stereocenters. The molecule has 1 aliphatic rings. The first kappa shape index (κ1) is 18.4. The first-order chi connectivity index (χ1) is 14.5. The molecule has 0 aliphatic carbocycles. The summed E-state index contributed by atoms with van der Waals surface area (Å²) < 4.78 is 14.5. The molecule has 5 heterocycles. The maximum absolute atomic E-state index is 13.2. The molecule has 0 spiro atoms. The molecule has 4 aromatic rings. The van der Waals surface area contributed by atoms with Crippen LogP contribution in [0, 0.1) is 19.8 Å². The fourth-order valence-electron chi connectivity index (χ4n) is 3.87. The van der Waals surface area contributed by atoms with Gasteiger partial charge in [-0.05, 0) is 37.6 Å². The Bertz CT molecular complexity index is 1330. The van der Waals surface area contributed by atoms with E-state index in [9.17, 15) is 9.18 Å². The zero-order valence-corrected chi connectivity index (χ0v) is 16.6. The summed E-state index contributed by atoms with van der Waals surface area (Å²) in [6.07, 6.45) is 5.60. The third-order valence-corrected chi connectivity index (χ3v) is 5.65. The number of fused-ring (bicyclic) bond motifs is 2. The molecule has 0 amide bonds. The van der Waals surface area contributed by atoms with Gasteiger partial charge in [-0.2, -0.15) is 8.91 Å². The Hall–Kier alpha value is -3.68. The zero-order chi connectivity index (χ0) is 20.8.